The van der Waals surface area contributed by atoms with Gasteiger partial charge in [0, 0.05) is 31.1 Å². The fourth-order valence-electron chi connectivity index (χ4n) is 2.96. The van der Waals surface area contributed by atoms with Gasteiger partial charge in [-0.25, -0.2) is 4.79 Å². The topological polar surface area (TPSA) is 49.4 Å². The molecule has 2 rings (SSSR count). The molecule has 2 amide bonds. The van der Waals surface area contributed by atoms with Crippen LogP contribution in [-0.2, 0) is 0 Å². The number of urea groups is 1. The first-order valence-corrected chi connectivity index (χ1v) is 8.26. The molecule has 22 heavy (non-hydrogen) atoms. The molecule has 0 spiro atoms. The zero-order valence-corrected chi connectivity index (χ0v) is 13.6. The van der Waals surface area contributed by atoms with Crippen molar-refractivity contribution in [1.29, 1.82) is 0 Å². The SMILES string of the molecule is CCC1CCCCN1C(=O)NCCC(=O)c1ccc(C)cc1. The summed E-state index contributed by atoms with van der Waals surface area (Å²) in [6.07, 6.45) is 4.71. The van der Waals surface area contributed by atoms with Crippen molar-refractivity contribution in [2.24, 2.45) is 0 Å². The number of ketones is 1. The largest absolute Gasteiger partial charge is 0.338 e. The van der Waals surface area contributed by atoms with Crippen LogP contribution >= 0.6 is 0 Å². The van der Waals surface area contributed by atoms with Crippen LogP contribution in [0.25, 0.3) is 0 Å². The van der Waals surface area contributed by atoms with Crippen LogP contribution < -0.4 is 5.32 Å². The summed E-state index contributed by atoms with van der Waals surface area (Å²) in [5.41, 5.74) is 1.85. The Morgan fingerprint density at radius 1 is 1.23 bits per heavy atom. The highest BCUT2D eigenvalue weighted by Crippen LogP contribution is 2.19. The Morgan fingerprint density at radius 2 is 1.95 bits per heavy atom. The minimum absolute atomic E-state index is 0.0248. The van der Waals surface area contributed by atoms with E-state index in [4.69, 9.17) is 0 Å². The number of nitrogens with zero attached hydrogens (tertiary/aromatic N) is 1. The van der Waals surface area contributed by atoms with Gasteiger partial charge in [0.05, 0.1) is 0 Å². The Morgan fingerprint density at radius 3 is 2.64 bits per heavy atom. The lowest BCUT2D eigenvalue weighted by molar-refractivity contribution is 0.0982. The number of piperidine rings is 1. The van der Waals surface area contributed by atoms with Crippen molar-refractivity contribution in [3.63, 3.8) is 0 Å². The van der Waals surface area contributed by atoms with Crippen LogP contribution in [0.1, 0.15) is 54.9 Å². The molecule has 120 valence electrons. The molecular weight excluding hydrogens is 276 g/mol. The molecule has 1 aromatic rings. The highest BCUT2D eigenvalue weighted by Gasteiger charge is 2.24. The number of carbonyl (C=O) groups is 2. The number of carbonyl (C=O) groups excluding carboxylic acids is 2. The van der Waals surface area contributed by atoms with E-state index in [0.717, 1.165) is 31.4 Å². The zero-order chi connectivity index (χ0) is 15.9. The van der Waals surface area contributed by atoms with Gasteiger partial charge in [-0.2, -0.15) is 0 Å². The highest BCUT2D eigenvalue weighted by atomic mass is 16.2. The maximum Gasteiger partial charge on any atom is 0.317 e. The standard InChI is InChI=1S/C18H26N2O2/c1-3-16-6-4-5-13-20(16)18(22)19-12-11-17(21)15-9-7-14(2)8-10-15/h7-10,16H,3-6,11-13H2,1-2H3,(H,19,22). The fourth-order valence-corrected chi connectivity index (χ4v) is 2.96. The van der Waals surface area contributed by atoms with Gasteiger partial charge >= 0.3 is 6.03 Å². The van der Waals surface area contributed by atoms with Gasteiger partial charge in [0.25, 0.3) is 0 Å². The summed E-state index contributed by atoms with van der Waals surface area (Å²) in [6.45, 7) is 5.35. The van der Waals surface area contributed by atoms with E-state index in [0.29, 0.717) is 24.6 Å². The molecule has 0 bridgehead atoms. The van der Waals surface area contributed by atoms with Crippen molar-refractivity contribution in [3.8, 4) is 0 Å². The molecule has 0 aliphatic carbocycles. The Labute approximate surface area is 132 Å². The number of nitrogens with one attached hydrogen (secondary N) is 1. The number of rotatable bonds is 5. The van der Waals surface area contributed by atoms with Gasteiger partial charge in [-0.05, 0) is 32.6 Å². The third-order valence-corrected chi connectivity index (χ3v) is 4.36. The molecule has 1 aromatic carbocycles. The van der Waals surface area contributed by atoms with E-state index >= 15 is 0 Å². The monoisotopic (exact) mass is 302 g/mol. The van der Waals surface area contributed by atoms with Crippen LogP contribution in [0.2, 0.25) is 0 Å². The number of amides is 2. The molecule has 1 aliphatic rings. The summed E-state index contributed by atoms with van der Waals surface area (Å²) in [6, 6.07) is 7.88. The van der Waals surface area contributed by atoms with Crippen LogP contribution in [-0.4, -0.2) is 35.8 Å². The Bertz CT molecular complexity index is 510. The van der Waals surface area contributed by atoms with Crippen LogP contribution in [0.15, 0.2) is 24.3 Å². The summed E-state index contributed by atoms with van der Waals surface area (Å²) in [4.78, 5) is 26.2. The van der Waals surface area contributed by atoms with Crippen LogP contribution in [0.5, 0.6) is 0 Å². The van der Waals surface area contributed by atoms with E-state index in [9.17, 15) is 9.59 Å². The van der Waals surface area contributed by atoms with Crippen molar-refractivity contribution in [2.45, 2.75) is 52.0 Å². The zero-order valence-electron chi connectivity index (χ0n) is 13.6. The van der Waals surface area contributed by atoms with E-state index < -0.39 is 0 Å². The predicted octanol–water partition coefficient (Wildman–Crippen LogP) is 3.54. The van der Waals surface area contributed by atoms with Gasteiger partial charge < -0.3 is 10.2 Å². The van der Waals surface area contributed by atoms with Crippen molar-refractivity contribution < 1.29 is 9.59 Å². The van der Waals surface area contributed by atoms with Gasteiger partial charge in [-0.15, -0.1) is 0 Å². The van der Waals surface area contributed by atoms with Gasteiger partial charge in [0.15, 0.2) is 5.78 Å². The molecule has 1 unspecified atom stereocenters. The number of aryl methyl sites for hydroxylation is 1. The van der Waals surface area contributed by atoms with Crippen molar-refractivity contribution in [1.82, 2.24) is 10.2 Å². The third kappa shape index (κ3) is 4.33. The molecule has 0 radical (unpaired) electrons. The summed E-state index contributed by atoms with van der Waals surface area (Å²) in [7, 11) is 0. The van der Waals surface area contributed by atoms with E-state index in [2.05, 4.69) is 12.2 Å². The number of benzene rings is 1. The molecule has 1 heterocycles. The number of hydrogen-bond acceptors (Lipinski definition) is 2. The van der Waals surface area contributed by atoms with Gasteiger partial charge in [-0.3, -0.25) is 4.79 Å². The van der Waals surface area contributed by atoms with Crippen molar-refractivity contribution in [2.75, 3.05) is 13.1 Å². The first-order chi connectivity index (χ1) is 10.6. The average molecular weight is 302 g/mol. The van der Waals surface area contributed by atoms with E-state index in [1.807, 2.05) is 36.1 Å². The van der Waals surface area contributed by atoms with Crippen molar-refractivity contribution in [3.05, 3.63) is 35.4 Å². The second-order valence-electron chi connectivity index (χ2n) is 6.02. The molecule has 1 saturated heterocycles. The van der Waals surface area contributed by atoms with E-state index in [1.165, 1.54) is 6.42 Å². The predicted molar refractivity (Wildman–Crippen MR) is 88.2 cm³/mol. The number of hydrogen-bond donors (Lipinski definition) is 1. The van der Waals surface area contributed by atoms with Crippen molar-refractivity contribution >= 4 is 11.8 Å². The third-order valence-electron chi connectivity index (χ3n) is 4.36. The van der Waals surface area contributed by atoms with Crippen LogP contribution in [0.3, 0.4) is 0 Å². The normalized spacial score (nSPS) is 18.1. The lowest BCUT2D eigenvalue weighted by atomic mass is 10.0. The maximum absolute atomic E-state index is 12.2. The summed E-state index contributed by atoms with van der Waals surface area (Å²) in [5, 5.41) is 2.89. The fraction of sp³-hybridized carbons (Fsp3) is 0.556. The lowest BCUT2D eigenvalue weighted by Crippen LogP contribution is -2.48. The minimum atomic E-state index is -0.0248. The lowest BCUT2D eigenvalue weighted by Gasteiger charge is -2.35. The highest BCUT2D eigenvalue weighted by molar-refractivity contribution is 5.96. The second kappa shape index (κ2) is 7.97. The van der Waals surface area contributed by atoms with E-state index in [-0.39, 0.29) is 11.8 Å². The minimum Gasteiger partial charge on any atom is -0.338 e. The van der Waals surface area contributed by atoms with Gasteiger partial charge in [-0.1, -0.05) is 36.8 Å². The molecule has 0 saturated carbocycles. The van der Waals surface area contributed by atoms with E-state index in [1.54, 1.807) is 0 Å². The first kappa shape index (κ1) is 16.5. The Balaban J connectivity index is 1.78. The summed E-state index contributed by atoms with van der Waals surface area (Å²) < 4.78 is 0. The molecule has 1 fully saturated rings. The molecule has 4 heteroatoms. The first-order valence-electron chi connectivity index (χ1n) is 8.26. The molecule has 1 atom stereocenters. The molecule has 0 aromatic heterocycles. The van der Waals surface area contributed by atoms with Gasteiger partial charge in [0.2, 0.25) is 0 Å². The number of Topliss-reactive ketones (excluding diaryl/α,β-unsaturated/α-hetero) is 1. The average Bonchev–Trinajstić information content (AvgIpc) is 2.55. The summed E-state index contributed by atoms with van der Waals surface area (Å²) in [5.74, 6) is 0.0750. The number of likely N-dealkylation sites (tertiary alicyclic amines) is 1. The summed E-state index contributed by atoms with van der Waals surface area (Å²) >= 11 is 0. The van der Waals surface area contributed by atoms with Crippen LogP contribution in [0.4, 0.5) is 4.79 Å². The smallest absolute Gasteiger partial charge is 0.317 e. The quantitative estimate of drug-likeness (QED) is 0.846. The molecule has 4 nitrogen and oxygen atoms in total. The molecule has 1 N–H and O–H groups in total. The maximum atomic E-state index is 12.2. The van der Waals surface area contributed by atoms with Crippen LogP contribution in [0, 0.1) is 6.92 Å². The molecule has 1 aliphatic heterocycles. The van der Waals surface area contributed by atoms with Gasteiger partial charge in [0.1, 0.15) is 0 Å². The Hall–Kier alpha value is -1.84. The molecular formula is C18H26N2O2. The second-order valence-corrected chi connectivity index (χ2v) is 6.02. The Kier molecular flexibility index (Phi) is 5.99.